The second-order valence-corrected chi connectivity index (χ2v) is 3.29. The molecule has 1 unspecified atom stereocenters. The zero-order chi connectivity index (χ0) is 11.3. The second kappa shape index (κ2) is 5.78. The highest BCUT2D eigenvalue weighted by Gasteiger charge is 2.16. The Morgan fingerprint density at radius 2 is 1.93 bits per heavy atom. The molecule has 1 atom stereocenters. The van der Waals surface area contributed by atoms with Crippen LogP contribution < -0.4 is 0 Å². The zero-order valence-corrected chi connectivity index (χ0v) is 8.54. The van der Waals surface area contributed by atoms with E-state index in [-0.39, 0.29) is 12.0 Å². The predicted octanol–water partition coefficient (Wildman–Crippen LogP) is 2.42. The van der Waals surface area contributed by atoms with Crippen LogP contribution in [0.1, 0.15) is 24.5 Å². The van der Waals surface area contributed by atoms with Gasteiger partial charge in [0.25, 0.3) is 0 Å². The third kappa shape index (κ3) is 3.25. The van der Waals surface area contributed by atoms with Crippen molar-refractivity contribution in [3.05, 3.63) is 35.4 Å². The summed E-state index contributed by atoms with van der Waals surface area (Å²) < 4.78 is 31.1. The quantitative estimate of drug-likeness (QED) is 0.766. The first-order chi connectivity index (χ1) is 7.16. The van der Waals surface area contributed by atoms with Gasteiger partial charge in [-0.2, -0.15) is 0 Å². The van der Waals surface area contributed by atoms with Crippen LogP contribution in [0.5, 0.6) is 0 Å². The molecule has 0 fully saturated rings. The van der Waals surface area contributed by atoms with Gasteiger partial charge in [-0.25, -0.2) is 8.78 Å². The fourth-order valence-electron chi connectivity index (χ4n) is 1.39. The Bertz CT molecular complexity index is 295. The number of rotatable bonds is 5. The number of ether oxygens (including phenoxy) is 1. The molecule has 0 radical (unpaired) electrons. The average Bonchev–Trinajstić information content (AvgIpc) is 2.18. The minimum absolute atomic E-state index is 0.256. The monoisotopic (exact) mass is 216 g/mol. The molecule has 0 aromatic heterocycles. The molecule has 0 aliphatic heterocycles. The van der Waals surface area contributed by atoms with Crippen LogP contribution in [-0.4, -0.2) is 18.8 Å². The Hall–Kier alpha value is -1.00. The van der Waals surface area contributed by atoms with Crippen molar-refractivity contribution < 1.29 is 18.6 Å². The lowest BCUT2D eigenvalue weighted by Crippen LogP contribution is -2.05. The maximum atomic E-state index is 13.2. The highest BCUT2D eigenvalue weighted by molar-refractivity contribution is 5.21. The van der Waals surface area contributed by atoms with Crippen molar-refractivity contribution >= 4 is 0 Å². The summed E-state index contributed by atoms with van der Waals surface area (Å²) in [5, 5.41) is 9.57. The number of hydrogen-bond acceptors (Lipinski definition) is 2. The number of methoxy groups -OCH3 is 1. The third-order valence-corrected chi connectivity index (χ3v) is 2.16. The van der Waals surface area contributed by atoms with Crippen molar-refractivity contribution in [1.82, 2.24) is 0 Å². The van der Waals surface area contributed by atoms with Gasteiger partial charge in [0.15, 0.2) is 0 Å². The summed E-state index contributed by atoms with van der Waals surface area (Å²) in [4.78, 5) is 0. The molecule has 0 aliphatic rings. The van der Waals surface area contributed by atoms with Gasteiger partial charge in [0.2, 0.25) is 0 Å². The van der Waals surface area contributed by atoms with E-state index in [1.54, 1.807) is 0 Å². The Labute approximate surface area is 87.5 Å². The summed E-state index contributed by atoms with van der Waals surface area (Å²) in [6.07, 6.45) is -0.265. The molecule has 4 heteroatoms. The number of aliphatic hydroxyl groups excluding tert-OH is 1. The Balaban J connectivity index is 2.68. The lowest BCUT2D eigenvalue weighted by Gasteiger charge is -2.12. The lowest BCUT2D eigenvalue weighted by atomic mass is 10.0. The van der Waals surface area contributed by atoms with Crippen molar-refractivity contribution in [3.63, 3.8) is 0 Å². The molecule has 0 spiro atoms. The molecule has 1 aromatic rings. The maximum Gasteiger partial charge on any atom is 0.131 e. The number of benzene rings is 1. The van der Waals surface area contributed by atoms with Gasteiger partial charge in [0.1, 0.15) is 11.6 Å². The first-order valence-electron chi connectivity index (χ1n) is 4.77. The van der Waals surface area contributed by atoms with Crippen LogP contribution in [0.15, 0.2) is 18.2 Å². The first kappa shape index (κ1) is 12.1. The molecule has 2 nitrogen and oxygen atoms in total. The topological polar surface area (TPSA) is 29.5 Å². The average molecular weight is 216 g/mol. The van der Waals surface area contributed by atoms with E-state index in [9.17, 15) is 13.9 Å². The van der Waals surface area contributed by atoms with Gasteiger partial charge in [-0.15, -0.1) is 0 Å². The van der Waals surface area contributed by atoms with Crippen molar-refractivity contribution in [2.45, 2.75) is 18.9 Å². The Kier molecular flexibility index (Phi) is 4.65. The molecule has 0 bridgehead atoms. The highest BCUT2D eigenvalue weighted by atomic mass is 19.1. The SMILES string of the molecule is COCCCC(O)c1c(F)cccc1F. The third-order valence-electron chi connectivity index (χ3n) is 2.16. The van der Waals surface area contributed by atoms with E-state index in [2.05, 4.69) is 0 Å². The largest absolute Gasteiger partial charge is 0.388 e. The van der Waals surface area contributed by atoms with E-state index >= 15 is 0 Å². The van der Waals surface area contributed by atoms with Crippen LogP contribution in [-0.2, 0) is 4.74 Å². The molecule has 1 rings (SSSR count). The van der Waals surface area contributed by atoms with Gasteiger partial charge in [-0.3, -0.25) is 0 Å². The molecule has 1 aromatic carbocycles. The molecule has 84 valence electrons. The van der Waals surface area contributed by atoms with E-state index in [0.717, 1.165) is 12.1 Å². The lowest BCUT2D eigenvalue weighted by molar-refractivity contribution is 0.130. The second-order valence-electron chi connectivity index (χ2n) is 3.29. The Morgan fingerprint density at radius 3 is 2.47 bits per heavy atom. The summed E-state index contributed by atoms with van der Waals surface area (Å²) in [6.45, 7) is 0.465. The summed E-state index contributed by atoms with van der Waals surface area (Å²) >= 11 is 0. The fraction of sp³-hybridized carbons (Fsp3) is 0.455. The van der Waals surface area contributed by atoms with Crippen LogP contribution in [0.2, 0.25) is 0 Å². The smallest absolute Gasteiger partial charge is 0.131 e. The zero-order valence-electron chi connectivity index (χ0n) is 8.54. The Morgan fingerprint density at radius 1 is 1.33 bits per heavy atom. The maximum absolute atomic E-state index is 13.2. The van der Waals surface area contributed by atoms with Gasteiger partial charge < -0.3 is 9.84 Å². The van der Waals surface area contributed by atoms with Gasteiger partial charge in [-0.1, -0.05) is 6.07 Å². The van der Waals surface area contributed by atoms with Crippen LogP contribution in [0.25, 0.3) is 0 Å². The van der Waals surface area contributed by atoms with E-state index < -0.39 is 17.7 Å². The predicted molar refractivity (Wildman–Crippen MR) is 52.4 cm³/mol. The van der Waals surface area contributed by atoms with Gasteiger partial charge in [0.05, 0.1) is 11.7 Å². The van der Waals surface area contributed by atoms with Gasteiger partial charge >= 0.3 is 0 Å². The molecule has 0 aliphatic carbocycles. The normalized spacial score (nSPS) is 12.8. The molecular weight excluding hydrogens is 202 g/mol. The number of hydrogen-bond donors (Lipinski definition) is 1. The highest BCUT2D eigenvalue weighted by Crippen LogP contribution is 2.23. The number of aliphatic hydroxyl groups is 1. The summed E-state index contributed by atoms with van der Waals surface area (Å²) in [7, 11) is 1.54. The molecule has 0 amide bonds. The van der Waals surface area contributed by atoms with E-state index in [1.165, 1.54) is 13.2 Å². The van der Waals surface area contributed by atoms with Crippen molar-refractivity contribution in [1.29, 1.82) is 0 Å². The minimum Gasteiger partial charge on any atom is -0.388 e. The van der Waals surface area contributed by atoms with Gasteiger partial charge in [-0.05, 0) is 25.0 Å². The fourth-order valence-corrected chi connectivity index (χ4v) is 1.39. The molecule has 0 saturated heterocycles. The van der Waals surface area contributed by atoms with Gasteiger partial charge in [0, 0.05) is 13.7 Å². The summed E-state index contributed by atoms with van der Waals surface area (Å²) in [5.74, 6) is -1.42. The first-order valence-corrected chi connectivity index (χ1v) is 4.77. The minimum atomic E-state index is -1.11. The van der Waals surface area contributed by atoms with E-state index in [0.29, 0.717) is 13.0 Å². The molecule has 1 N–H and O–H groups in total. The van der Waals surface area contributed by atoms with E-state index in [1.807, 2.05) is 0 Å². The van der Waals surface area contributed by atoms with Crippen molar-refractivity contribution in [3.8, 4) is 0 Å². The molecular formula is C11H14F2O2. The summed E-state index contributed by atoms with van der Waals surface area (Å²) in [6, 6.07) is 3.55. The summed E-state index contributed by atoms with van der Waals surface area (Å²) in [5.41, 5.74) is -0.256. The van der Waals surface area contributed by atoms with Crippen LogP contribution in [0.4, 0.5) is 8.78 Å². The van der Waals surface area contributed by atoms with Crippen molar-refractivity contribution in [2.24, 2.45) is 0 Å². The number of halogens is 2. The molecule has 0 saturated carbocycles. The van der Waals surface area contributed by atoms with Crippen LogP contribution in [0, 0.1) is 11.6 Å². The molecule has 15 heavy (non-hydrogen) atoms. The van der Waals surface area contributed by atoms with Crippen molar-refractivity contribution in [2.75, 3.05) is 13.7 Å². The molecule has 0 heterocycles. The van der Waals surface area contributed by atoms with Crippen LogP contribution >= 0.6 is 0 Å². The van der Waals surface area contributed by atoms with Crippen LogP contribution in [0.3, 0.4) is 0 Å². The standard InChI is InChI=1S/C11H14F2O2/c1-15-7-3-6-10(14)11-8(12)4-2-5-9(11)13/h2,4-5,10,14H,3,6-7H2,1H3. The van der Waals surface area contributed by atoms with E-state index in [4.69, 9.17) is 4.74 Å².